The molecule has 3 N–H and O–H groups in total. The summed E-state index contributed by atoms with van der Waals surface area (Å²) in [5, 5.41) is 15.1. The summed E-state index contributed by atoms with van der Waals surface area (Å²) < 4.78 is 31.6. The SMILES string of the molecule is CCc1nc(CNC(=O)c2cccc(S(=O)(=O)NCCCO)c2)no1. The van der Waals surface area contributed by atoms with Crippen LogP contribution in [0.15, 0.2) is 33.7 Å². The Hall–Kier alpha value is -2.30. The van der Waals surface area contributed by atoms with Gasteiger partial charge in [-0.1, -0.05) is 18.1 Å². The van der Waals surface area contributed by atoms with Gasteiger partial charge in [-0.2, -0.15) is 4.98 Å². The molecule has 0 bridgehead atoms. The van der Waals surface area contributed by atoms with Crippen LogP contribution in [0.2, 0.25) is 0 Å². The third kappa shape index (κ3) is 5.34. The van der Waals surface area contributed by atoms with E-state index < -0.39 is 15.9 Å². The van der Waals surface area contributed by atoms with E-state index in [1.807, 2.05) is 6.92 Å². The Morgan fingerprint density at radius 3 is 2.84 bits per heavy atom. The number of aliphatic hydroxyl groups excluding tert-OH is 1. The second-order valence-electron chi connectivity index (χ2n) is 5.14. The topological polar surface area (TPSA) is 134 Å². The highest BCUT2D eigenvalue weighted by Crippen LogP contribution is 2.11. The van der Waals surface area contributed by atoms with Crippen LogP contribution in [0.4, 0.5) is 0 Å². The Morgan fingerprint density at radius 1 is 1.36 bits per heavy atom. The molecule has 10 heteroatoms. The number of aryl methyl sites for hydroxylation is 1. The molecular formula is C15H20N4O5S. The molecule has 0 radical (unpaired) electrons. The number of aliphatic hydroxyl groups is 1. The Kier molecular flexibility index (Phi) is 6.62. The van der Waals surface area contributed by atoms with E-state index in [0.717, 1.165) is 0 Å². The predicted molar refractivity (Wildman–Crippen MR) is 88.2 cm³/mol. The van der Waals surface area contributed by atoms with Gasteiger partial charge in [-0.15, -0.1) is 0 Å². The quantitative estimate of drug-likeness (QED) is 0.539. The van der Waals surface area contributed by atoms with E-state index in [-0.39, 0.29) is 30.2 Å². The van der Waals surface area contributed by atoms with E-state index in [4.69, 9.17) is 9.63 Å². The molecule has 0 spiro atoms. The first-order valence-corrected chi connectivity index (χ1v) is 9.25. The monoisotopic (exact) mass is 368 g/mol. The average Bonchev–Trinajstić information content (AvgIpc) is 3.08. The van der Waals surface area contributed by atoms with Crippen molar-refractivity contribution in [3.05, 3.63) is 41.5 Å². The third-order valence-electron chi connectivity index (χ3n) is 3.25. The van der Waals surface area contributed by atoms with E-state index in [0.29, 0.717) is 24.6 Å². The molecule has 0 fully saturated rings. The lowest BCUT2D eigenvalue weighted by Gasteiger charge is -2.08. The molecule has 0 saturated carbocycles. The molecule has 25 heavy (non-hydrogen) atoms. The first-order valence-electron chi connectivity index (χ1n) is 7.76. The van der Waals surface area contributed by atoms with Crippen molar-refractivity contribution in [1.82, 2.24) is 20.2 Å². The van der Waals surface area contributed by atoms with Crippen LogP contribution < -0.4 is 10.0 Å². The first-order chi connectivity index (χ1) is 12.0. The standard InChI is InChI=1S/C15H20N4O5S/c1-2-14-18-13(19-24-14)10-16-15(21)11-5-3-6-12(9-11)25(22,23)17-7-4-8-20/h3,5-6,9,17,20H,2,4,7-8,10H2,1H3,(H,16,21). The average molecular weight is 368 g/mol. The van der Waals surface area contributed by atoms with Gasteiger partial charge in [0.2, 0.25) is 15.9 Å². The maximum atomic E-state index is 12.2. The van der Waals surface area contributed by atoms with Crippen LogP contribution in [-0.2, 0) is 23.0 Å². The molecule has 136 valence electrons. The van der Waals surface area contributed by atoms with Crippen molar-refractivity contribution in [2.45, 2.75) is 31.2 Å². The number of hydrogen-bond acceptors (Lipinski definition) is 7. The van der Waals surface area contributed by atoms with E-state index in [2.05, 4.69) is 20.2 Å². The summed E-state index contributed by atoms with van der Waals surface area (Å²) in [7, 11) is -3.74. The molecule has 1 aromatic carbocycles. The van der Waals surface area contributed by atoms with Crippen LogP contribution in [0.5, 0.6) is 0 Å². The van der Waals surface area contributed by atoms with Gasteiger partial charge in [0, 0.05) is 25.1 Å². The summed E-state index contributed by atoms with van der Waals surface area (Å²) in [6.07, 6.45) is 0.911. The zero-order chi connectivity index (χ0) is 18.3. The van der Waals surface area contributed by atoms with Gasteiger partial charge in [0.1, 0.15) is 0 Å². The second-order valence-corrected chi connectivity index (χ2v) is 6.91. The maximum absolute atomic E-state index is 12.2. The van der Waals surface area contributed by atoms with Crippen molar-refractivity contribution in [2.24, 2.45) is 0 Å². The van der Waals surface area contributed by atoms with Crippen molar-refractivity contribution in [1.29, 1.82) is 0 Å². The van der Waals surface area contributed by atoms with E-state index in [1.165, 1.54) is 24.3 Å². The highest BCUT2D eigenvalue weighted by atomic mass is 32.2. The Balaban J connectivity index is 2.03. The van der Waals surface area contributed by atoms with Crippen molar-refractivity contribution in [3.63, 3.8) is 0 Å². The number of amides is 1. The van der Waals surface area contributed by atoms with Gasteiger partial charge >= 0.3 is 0 Å². The van der Waals surface area contributed by atoms with Crippen LogP contribution in [0.1, 0.15) is 35.4 Å². The van der Waals surface area contributed by atoms with Gasteiger partial charge in [-0.3, -0.25) is 4.79 Å². The minimum absolute atomic E-state index is 0.0223. The van der Waals surface area contributed by atoms with Crippen molar-refractivity contribution in [3.8, 4) is 0 Å². The van der Waals surface area contributed by atoms with Crippen LogP contribution >= 0.6 is 0 Å². The van der Waals surface area contributed by atoms with Crippen molar-refractivity contribution in [2.75, 3.05) is 13.2 Å². The Morgan fingerprint density at radius 2 is 2.16 bits per heavy atom. The summed E-state index contributed by atoms with van der Waals surface area (Å²) in [4.78, 5) is 16.2. The van der Waals surface area contributed by atoms with Gasteiger partial charge in [-0.25, -0.2) is 13.1 Å². The highest BCUT2D eigenvalue weighted by Gasteiger charge is 2.16. The third-order valence-corrected chi connectivity index (χ3v) is 4.71. The minimum atomic E-state index is -3.74. The van der Waals surface area contributed by atoms with Crippen molar-refractivity contribution < 1.29 is 22.8 Å². The van der Waals surface area contributed by atoms with Gasteiger partial charge in [0.25, 0.3) is 5.91 Å². The second kappa shape index (κ2) is 8.70. The highest BCUT2D eigenvalue weighted by molar-refractivity contribution is 7.89. The lowest BCUT2D eigenvalue weighted by atomic mass is 10.2. The zero-order valence-electron chi connectivity index (χ0n) is 13.7. The van der Waals surface area contributed by atoms with Crippen LogP contribution in [0, 0.1) is 0 Å². The van der Waals surface area contributed by atoms with Crippen LogP contribution in [0.3, 0.4) is 0 Å². The summed E-state index contributed by atoms with van der Waals surface area (Å²) in [5.74, 6) is 0.376. The number of sulfonamides is 1. The summed E-state index contributed by atoms with van der Waals surface area (Å²) in [6, 6.07) is 5.67. The molecule has 0 aliphatic carbocycles. The fourth-order valence-electron chi connectivity index (χ4n) is 1.94. The van der Waals surface area contributed by atoms with Gasteiger partial charge < -0.3 is 14.9 Å². The Labute approximate surface area is 145 Å². The molecule has 9 nitrogen and oxygen atoms in total. The van der Waals surface area contributed by atoms with Gasteiger partial charge in [0.05, 0.1) is 11.4 Å². The number of nitrogens with one attached hydrogen (secondary N) is 2. The van der Waals surface area contributed by atoms with Crippen LogP contribution in [-0.4, -0.2) is 42.7 Å². The molecular weight excluding hydrogens is 348 g/mol. The number of carbonyl (C=O) groups excluding carboxylic acids is 1. The predicted octanol–water partition coefficient (Wildman–Crippen LogP) is 0.223. The van der Waals surface area contributed by atoms with Crippen molar-refractivity contribution >= 4 is 15.9 Å². The van der Waals surface area contributed by atoms with Gasteiger partial charge in [-0.05, 0) is 24.6 Å². The lowest BCUT2D eigenvalue weighted by Crippen LogP contribution is -2.26. The summed E-state index contributed by atoms with van der Waals surface area (Å²) >= 11 is 0. The molecule has 0 unspecified atom stereocenters. The number of benzene rings is 1. The molecule has 1 heterocycles. The summed E-state index contributed by atoms with van der Waals surface area (Å²) in [5.41, 5.74) is 0.198. The number of aromatic nitrogens is 2. The number of rotatable bonds is 9. The first kappa shape index (κ1) is 19.0. The van der Waals surface area contributed by atoms with E-state index in [1.54, 1.807) is 0 Å². The molecule has 2 aromatic rings. The normalized spacial score (nSPS) is 11.4. The minimum Gasteiger partial charge on any atom is -0.396 e. The van der Waals surface area contributed by atoms with E-state index in [9.17, 15) is 13.2 Å². The fourth-order valence-corrected chi connectivity index (χ4v) is 3.06. The summed E-state index contributed by atoms with van der Waals surface area (Å²) in [6.45, 7) is 1.96. The molecule has 0 saturated heterocycles. The number of carbonyl (C=O) groups is 1. The fraction of sp³-hybridized carbons (Fsp3) is 0.400. The zero-order valence-corrected chi connectivity index (χ0v) is 14.5. The Bertz CT molecular complexity index is 819. The van der Waals surface area contributed by atoms with Gasteiger partial charge in [0.15, 0.2) is 5.82 Å². The van der Waals surface area contributed by atoms with Crippen LogP contribution in [0.25, 0.3) is 0 Å². The largest absolute Gasteiger partial charge is 0.396 e. The number of nitrogens with zero attached hydrogens (tertiary/aromatic N) is 2. The lowest BCUT2D eigenvalue weighted by molar-refractivity contribution is 0.0949. The number of hydrogen-bond donors (Lipinski definition) is 3. The molecule has 1 amide bonds. The van der Waals surface area contributed by atoms with E-state index >= 15 is 0 Å². The smallest absolute Gasteiger partial charge is 0.251 e. The maximum Gasteiger partial charge on any atom is 0.251 e. The molecule has 0 aliphatic rings. The molecule has 0 atom stereocenters. The molecule has 2 rings (SSSR count). The molecule has 0 aliphatic heterocycles. The molecule has 1 aromatic heterocycles.